The number of carbonyl (C=O) groups is 1. The van der Waals surface area contributed by atoms with E-state index in [0.29, 0.717) is 11.8 Å². The molecule has 0 amide bonds. The first kappa shape index (κ1) is 13.5. The second-order valence-electron chi connectivity index (χ2n) is 5.38. The Bertz CT molecular complexity index is 209. The van der Waals surface area contributed by atoms with Crippen molar-refractivity contribution in [1.82, 2.24) is 0 Å². The van der Waals surface area contributed by atoms with Gasteiger partial charge in [0, 0.05) is 0 Å². The monoisotopic (exact) mass is 226 g/mol. The molecule has 1 aliphatic rings. The summed E-state index contributed by atoms with van der Waals surface area (Å²) in [6.45, 7) is 4.34. The van der Waals surface area contributed by atoms with Crippen LogP contribution in [0.3, 0.4) is 0 Å². The van der Waals surface area contributed by atoms with E-state index >= 15 is 0 Å². The van der Waals surface area contributed by atoms with Crippen molar-refractivity contribution in [1.29, 1.82) is 0 Å². The molecule has 1 fully saturated rings. The molecule has 2 unspecified atom stereocenters. The largest absolute Gasteiger partial charge is 0.481 e. The topological polar surface area (TPSA) is 37.3 Å². The Balaban J connectivity index is 2.16. The van der Waals surface area contributed by atoms with Gasteiger partial charge in [0.1, 0.15) is 0 Å². The Morgan fingerprint density at radius 1 is 1.25 bits per heavy atom. The highest BCUT2D eigenvalue weighted by atomic mass is 16.4. The molecule has 2 atom stereocenters. The third-order valence-electron chi connectivity index (χ3n) is 3.79. The zero-order valence-electron chi connectivity index (χ0n) is 10.7. The summed E-state index contributed by atoms with van der Waals surface area (Å²) < 4.78 is 0. The Morgan fingerprint density at radius 3 is 2.38 bits per heavy atom. The molecule has 1 saturated carbocycles. The highest BCUT2D eigenvalue weighted by Crippen LogP contribution is 2.42. The molecule has 0 bridgehead atoms. The molecule has 0 aromatic rings. The van der Waals surface area contributed by atoms with Crippen LogP contribution in [0.2, 0.25) is 0 Å². The van der Waals surface area contributed by atoms with Gasteiger partial charge in [0.2, 0.25) is 0 Å². The fourth-order valence-corrected chi connectivity index (χ4v) is 2.61. The van der Waals surface area contributed by atoms with E-state index in [2.05, 4.69) is 13.8 Å². The van der Waals surface area contributed by atoms with Crippen LogP contribution in [0.25, 0.3) is 0 Å². The maximum Gasteiger partial charge on any atom is 0.307 e. The molecule has 0 aromatic carbocycles. The molecule has 1 aliphatic carbocycles. The second-order valence-corrected chi connectivity index (χ2v) is 5.38. The summed E-state index contributed by atoms with van der Waals surface area (Å²) in [7, 11) is 0. The zero-order valence-corrected chi connectivity index (χ0v) is 10.7. The lowest BCUT2D eigenvalue weighted by Gasteiger charge is -2.19. The Hall–Kier alpha value is -0.530. The van der Waals surface area contributed by atoms with Crippen molar-refractivity contribution in [3.8, 4) is 0 Å². The molecule has 1 N–H and O–H groups in total. The molecule has 0 aromatic heterocycles. The summed E-state index contributed by atoms with van der Waals surface area (Å²) in [4.78, 5) is 11.2. The van der Waals surface area contributed by atoms with Crippen LogP contribution in [0.5, 0.6) is 0 Å². The number of carboxylic acid groups (broad SMARTS) is 1. The normalized spacial score (nSPS) is 19.4. The van der Waals surface area contributed by atoms with Gasteiger partial charge in [-0.3, -0.25) is 4.79 Å². The minimum absolute atomic E-state index is 0.0637. The number of carboxylic acids is 1. The van der Waals surface area contributed by atoms with Crippen molar-refractivity contribution in [3.63, 3.8) is 0 Å². The van der Waals surface area contributed by atoms with Gasteiger partial charge in [0.15, 0.2) is 0 Å². The lowest BCUT2D eigenvalue weighted by atomic mass is 9.85. The third-order valence-corrected chi connectivity index (χ3v) is 3.79. The summed E-state index contributed by atoms with van der Waals surface area (Å²) in [5, 5.41) is 9.19. The fourth-order valence-electron chi connectivity index (χ4n) is 2.61. The smallest absolute Gasteiger partial charge is 0.307 e. The SMILES string of the molecule is CCCCCCCC(C)C(C(=O)O)C1CC1. The van der Waals surface area contributed by atoms with Crippen LogP contribution >= 0.6 is 0 Å². The molecule has 1 rings (SSSR count). The second kappa shape index (κ2) is 6.93. The van der Waals surface area contributed by atoms with Gasteiger partial charge in [0.25, 0.3) is 0 Å². The van der Waals surface area contributed by atoms with Gasteiger partial charge in [-0.05, 0) is 31.1 Å². The molecule has 2 heteroatoms. The van der Waals surface area contributed by atoms with Gasteiger partial charge in [-0.25, -0.2) is 0 Å². The third kappa shape index (κ3) is 4.54. The lowest BCUT2D eigenvalue weighted by molar-refractivity contribution is -0.144. The van der Waals surface area contributed by atoms with Crippen LogP contribution in [0, 0.1) is 17.8 Å². The minimum Gasteiger partial charge on any atom is -0.481 e. The zero-order chi connectivity index (χ0) is 12.0. The minimum atomic E-state index is -0.566. The lowest BCUT2D eigenvalue weighted by Crippen LogP contribution is -2.23. The molecular formula is C14H26O2. The Labute approximate surface area is 99.4 Å². The van der Waals surface area contributed by atoms with Crippen molar-refractivity contribution in [2.24, 2.45) is 17.8 Å². The van der Waals surface area contributed by atoms with Crippen molar-refractivity contribution >= 4 is 5.97 Å². The molecule has 0 heterocycles. The van der Waals surface area contributed by atoms with E-state index in [4.69, 9.17) is 0 Å². The van der Waals surface area contributed by atoms with Crippen LogP contribution in [0.1, 0.15) is 65.2 Å². The predicted octanol–water partition coefficient (Wildman–Crippen LogP) is 4.09. The maximum absolute atomic E-state index is 11.2. The number of hydrogen-bond acceptors (Lipinski definition) is 1. The molecule has 2 nitrogen and oxygen atoms in total. The average molecular weight is 226 g/mol. The van der Waals surface area contributed by atoms with Crippen LogP contribution in [-0.2, 0) is 4.79 Å². The standard InChI is InChI=1S/C14H26O2/c1-3-4-5-6-7-8-11(2)13(14(15)16)12-9-10-12/h11-13H,3-10H2,1-2H3,(H,15,16). The van der Waals surface area contributed by atoms with Crippen molar-refractivity contribution in [3.05, 3.63) is 0 Å². The van der Waals surface area contributed by atoms with Gasteiger partial charge in [-0.2, -0.15) is 0 Å². The van der Waals surface area contributed by atoms with Gasteiger partial charge < -0.3 is 5.11 Å². The van der Waals surface area contributed by atoms with E-state index in [9.17, 15) is 9.90 Å². The van der Waals surface area contributed by atoms with E-state index in [1.54, 1.807) is 0 Å². The summed E-state index contributed by atoms with van der Waals surface area (Å²) in [6, 6.07) is 0. The molecule has 94 valence electrons. The predicted molar refractivity (Wildman–Crippen MR) is 66.4 cm³/mol. The van der Waals surface area contributed by atoms with E-state index in [1.807, 2.05) is 0 Å². The van der Waals surface area contributed by atoms with E-state index in [1.165, 1.54) is 32.1 Å². The molecule has 0 aliphatic heterocycles. The first-order chi connectivity index (χ1) is 7.66. The number of aliphatic carboxylic acids is 1. The summed E-state index contributed by atoms with van der Waals surface area (Å²) >= 11 is 0. The van der Waals surface area contributed by atoms with Crippen LogP contribution < -0.4 is 0 Å². The molecule has 16 heavy (non-hydrogen) atoms. The van der Waals surface area contributed by atoms with Crippen molar-refractivity contribution in [2.45, 2.75) is 65.2 Å². The highest BCUT2D eigenvalue weighted by molar-refractivity contribution is 5.71. The molecule has 0 spiro atoms. The van der Waals surface area contributed by atoms with Gasteiger partial charge in [-0.15, -0.1) is 0 Å². The quantitative estimate of drug-likeness (QED) is 0.601. The molecular weight excluding hydrogens is 200 g/mol. The average Bonchev–Trinajstić information content (AvgIpc) is 3.01. The number of unbranched alkanes of at least 4 members (excludes halogenated alkanes) is 4. The Kier molecular flexibility index (Phi) is 5.86. The number of hydrogen-bond donors (Lipinski definition) is 1. The van der Waals surface area contributed by atoms with Crippen LogP contribution in [0.15, 0.2) is 0 Å². The number of rotatable bonds is 9. The molecule has 0 saturated heterocycles. The van der Waals surface area contributed by atoms with Gasteiger partial charge in [0.05, 0.1) is 5.92 Å². The summed E-state index contributed by atoms with van der Waals surface area (Å²) in [5.74, 6) is 0.226. The van der Waals surface area contributed by atoms with Gasteiger partial charge in [-0.1, -0.05) is 46.0 Å². The summed E-state index contributed by atoms with van der Waals surface area (Å²) in [6.07, 6.45) is 9.75. The maximum atomic E-state index is 11.2. The van der Waals surface area contributed by atoms with Crippen molar-refractivity contribution < 1.29 is 9.90 Å². The van der Waals surface area contributed by atoms with E-state index in [0.717, 1.165) is 19.3 Å². The van der Waals surface area contributed by atoms with Crippen LogP contribution in [0.4, 0.5) is 0 Å². The Morgan fingerprint density at radius 2 is 1.88 bits per heavy atom. The first-order valence-electron chi connectivity index (χ1n) is 6.89. The summed E-state index contributed by atoms with van der Waals surface area (Å²) in [5.41, 5.74) is 0. The van der Waals surface area contributed by atoms with Gasteiger partial charge >= 0.3 is 5.97 Å². The van der Waals surface area contributed by atoms with E-state index in [-0.39, 0.29) is 5.92 Å². The molecule has 0 radical (unpaired) electrons. The fraction of sp³-hybridized carbons (Fsp3) is 0.929. The first-order valence-corrected chi connectivity index (χ1v) is 6.89. The highest BCUT2D eigenvalue weighted by Gasteiger charge is 2.39. The van der Waals surface area contributed by atoms with Crippen LogP contribution in [-0.4, -0.2) is 11.1 Å². The van der Waals surface area contributed by atoms with E-state index < -0.39 is 5.97 Å². The van der Waals surface area contributed by atoms with Crippen molar-refractivity contribution in [2.75, 3.05) is 0 Å².